The molecule has 0 bridgehead atoms. The van der Waals surface area contributed by atoms with Crippen LogP contribution in [0.25, 0.3) is 11.1 Å². The maximum absolute atomic E-state index is 12.7. The molecule has 2 fully saturated rings. The number of rotatable bonds is 4. The van der Waals surface area contributed by atoms with Crippen molar-refractivity contribution in [1.29, 1.82) is 5.26 Å². The molecular formula is C24H25N3O2. The Morgan fingerprint density at radius 1 is 1.03 bits per heavy atom. The zero-order valence-corrected chi connectivity index (χ0v) is 16.6. The largest absolute Gasteiger partial charge is 0.341 e. The molecule has 2 aliphatic rings. The summed E-state index contributed by atoms with van der Waals surface area (Å²) in [5.74, 6) is -0.268. The lowest BCUT2D eigenvalue weighted by Crippen LogP contribution is -2.49. The molecule has 1 spiro atoms. The Balaban J connectivity index is 1.38. The van der Waals surface area contributed by atoms with E-state index in [-0.39, 0.29) is 11.8 Å². The SMILES string of the molecule is CC(NC(=O)c1ccc(-c2ccccc2C#N)cc1)C(=O)N1CCC2(CC1)CC2. The van der Waals surface area contributed by atoms with Gasteiger partial charge in [0.1, 0.15) is 6.04 Å². The van der Waals surface area contributed by atoms with Crippen molar-refractivity contribution in [1.82, 2.24) is 10.2 Å². The van der Waals surface area contributed by atoms with Gasteiger partial charge in [-0.1, -0.05) is 30.3 Å². The van der Waals surface area contributed by atoms with Crippen LogP contribution in [0.1, 0.15) is 48.5 Å². The van der Waals surface area contributed by atoms with Crippen LogP contribution in [-0.4, -0.2) is 35.8 Å². The van der Waals surface area contributed by atoms with Crippen molar-refractivity contribution in [2.24, 2.45) is 5.41 Å². The first-order chi connectivity index (χ1) is 14.0. The predicted molar refractivity (Wildman–Crippen MR) is 111 cm³/mol. The molecule has 1 saturated heterocycles. The van der Waals surface area contributed by atoms with E-state index in [2.05, 4.69) is 11.4 Å². The van der Waals surface area contributed by atoms with Crippen LogP contribution in [0.5, 0.6) is 0 Å². The normalized spacial score (nSPS) is 18.0. The number of amides is 2. The van der Waals surface area contributed by atoms with Crippen LogP contribution in [0.2, 0.25) is 0 Å². The Morgan fingerprint density at radius 2 is 1.69 bits per heavy atom. The highest BCUT2D eigenvalue weighted by Gasteiger charge is 2.45. The third-order valence-corrected chi connectivity index (χ3v) is 6.32. The van der Waals surface area contributed by atoms with Gasteiger partial charge in [-0.15, -0.1) is 0 Å². The van der Waals surface area contributed by atoms with E-state index < -0.39 is 6.04 Å². The summed E-state index contributed by atoms with van der Waals surface area (Å²) in [7, 11) is 0. The molecule has 0 aromatic heterocycles. The van der Waals surface area contributed by atoms with Gasteiger partial charge in [-0.05, 0) is 67.3 Å². The smallest absolute Gasteiger partial charge is 0.251 e. The first-order valence-electron chi connectivity index (χ1n) is 10.2. The van der Waals surface area contributed by atoms with E-state index in [1.807, 2.05) is 35.2 Å². The fraction of sp³-hybridized carbons (Fsp3) is 0.375. The van der Waals surface area contributed by atoms with Gasteiger partial charge in [-0.2, -0.15) is 5.26 Å². The van der Waals surface area contributed by atoms with Gasteiger partial charge in [0.15, 0.2) is 0 Å². The number of hydrogen-bond acceptors (Lipinski definition) is 3. The van der Waals surface area contributed by atoms with Gasteiger partial charge in [0, 0.05) is 18.7 Å². The van der Waals surface area contributed by atoms with Crippen LogP contribution < -0.4 is 5.32 Å². The van der Waals surface area contributed by atoms with Crippen LogP contribution in [-0.2, 0) is 4.79 Å². The molecule has 0 radical (unpaired) electrons. The van der Waals surface area contributed by atoms with Crippen LogP contribution in [0.3, 0.4) is 0 Å². The maximum Gasteiger partial charge on any atom is 0.251 e. The van der Waals surface area contributed by atoms with Crippen LogP contribution in [0, 0.1) is 16.7 Å². The van der Waals surface area contributed by atoms with Crippen molar-refractivity contribution in [2.75, 3.05) is 13.1 Å². The molecule has 1 heterocycles. The molecule has 1 N–H and O–H groups in total. The third-order valence-electron chi connectivity index (χ3n) is 6.32. The van der Waals surface area contributed by atoms with Crippen molar-refractivity contribution in [3.8, 4) is 17.2 Å². The molecule has 1 aliphatic heterocycles. The van der Waals surface area contributed by atoms with Gasteiger partial charge in [0.05, 0.1) is 11.6 Å². The van der Waals surface area contributed by atoms with Gasteiger partial charge >= 0.3 is 0 Å². The molecule has 1 saturated carbocycles. The lowest BCUT2D eigenvalue weighted by atomic mass is 9.93. The second kappa shape index (κ2) is 7.71. The standard InChI is InChI=1S/C24H25N3O2/c1-17(23(29)27-14-12-24(10-11-24)13-15-27)26-22(28)19-8-6-18(7-9-19)21-5-3-2-4-20(21)16-25/h2-9,17H,10-15H2,1H3,(H,26,28). The highest BCUT2D eigenvalue weighted by atomic mass is 16.2. The molecule has 148 valence electrons. The molecule has 2 amide bonds. The summed E-state index contributed by atoms with van der Waals surface area (Å²) in [6.07, 6.45) is 4.78. The number of piperidine rings is 1. The summed E-state index contributed by atoms with van der Waals surface area (Å²) in [5, 5.41) is 12.1. The highest BCUT2D eigenvalue weighted by Crippen LogP contribution is 2.53. The fourth-order valence-corrected chi connectivity index (χ4v) is 4.13. The zero-order chi connectivity index (χ0) is 20.4. The molecule has 1 atom stereocenters. The van der Waals surface area contributed by atoms with E-state index in [0.29, 0.717) is 16.5 Å². The number of nitrogens with one attached hydrogen (secondary N) is 1. The van der Waals surface area contributed by atoms with Crippen LogP contribution in [0.15, 0.2) is 48.5 Å². The van der Waals surface area contributed by atoms with E-state index in [1.165, 1.54) is 12.8 Å². The predicted octanol–water partition coefficient (Wildman–Crippen LogP) is 3.75. The molecule has 4 rings (SSSR count). The Kier molecular flexibility index (Phi) is 5.10. The molecule has 1 aliphatic carbocycles. The number of hydrogen-bond donors (Lipinski definition) is 1. The number of nitrogens with zero attached hydrogens (tertiary/aromatic N) is 2. The van der Waals surface area contributed by atoms with Crippen molar-refractivity contribution in [3.63, 3.8) is 0 Å². The molecule has 5 nitrogen and oxygen atoms in total. The minimum atomic E-state index is -0.547. The molecule has 5 heteroatoms. The topological polar surface area (TPSA) is 73.2 Å². The second-order valence-electron chi connectivity index (χ2n) is 8.26. The van der Waals surface area contributed by atoms with Crippen LogP contribution in [0.4, 0.5) is 0 Å². The molecule has 2 aromatic rings. The number of likely N-dealkylation sites (tertiary alicyclic amines) is 1. The Hall–Kier alpha value is -3.13. The van der Waals surface area contributed by atoms with Gasteiger partial charge in [0.2, 0.25) is 5.91 Å². The van der Waals surface area contributed by atoms with Crippen molar-refractivity contribution >= 4 is 11.8 Å². The summed E-state index contributed by atoms with van der Waals surface area (Å²) in [5.41, 5.74) is 3.33. The van der Waals surface area contributed by atoms with Crippen molar-refractivity contribution in [3.05, 3.63) is 59.7 Å². The van der Waals surface area contributed by atoms with Gasteiger partial charge in [-0.25, -0.2) is 0 Å². The Morgan fingerprint density at radius 3 is 2.31 bits per heavy atom. The number of benzene rings is 2. The van der Waals surface area contributed by atoms with E-state index in [4.69, 9.17) is 0 Å². The Labute approximate surface area is 171 Å². The van der Waals surface area contributed by atoms with Crippen molar-refractivity contribution < 1.29 is 9.59 Å². The summed E-state index contributed by atoms with van der Waals surface area (Å²) < 4.78 is 0. The van der Waals surface area contributed by atoms with E-state index in [0.717, 1.165) is 37.1 Å². The van der Waals surface area contributed by atoms with E-state index in [1.54, 1.807) is 25.1 Å². The summed E-state index contributed by atoms with van der Waals surface area (Å²) in [4.78, 5) is 27.2. The quantitative estimate of drug-likeness (QED) is 0.868. The average molecular weight is 387 g/mol. The number of carbonyl (C=O) groups is 2. The van der Waals surface area contributed by atoms with Gasteiger partial charge < -0.3 is 10.2 Å². The number of nitriles is 1. The highest BCUT2D eigenvalue weighted by molar-refractivity contribution is 5.97. The first kappa shape index (κ1) is 19.2. The molecule has 1 unspecified atom stereocenters. The maximum atomic E-state index is 12.7. The minimum Gasteiger partial charge on any atom is -0.341 e. The van der Waals surface area contributed by atoms with E-state index >= 15 is 0 Å². The molecular weight excluding hydrogens is 362 g/mol. The lowest BCUT2D eigenvalue weighted by molar-refractivity contribution is -0.134. The average Bonchev–Trinajstić information content (AvgIpc) is 3.52. The molecule has 2 aromatic carbocycles. The van der Waals surface area contributed by atoms with Gasteiger partial charge in [-0.3, -0.25) is 9.59 Å². The lowest BCUT2D eigenvalue weighted by Gasteiger charge is -2.33. The second-order valence-corrected chi connectivity index (χ2v) is 8.26. The number of carbonyl (C=O) groups excluding carboxylic acids is 2. The fourth-order valence-electron chi connectivity index (χ4n) is 4.13. The minimum absolute atomic E-state index is 0.00609. The van der Waals surface area contributed by atoms with Crippen molar-refractivity contribution in [2.45, 2.75) is 38.6 Å². The first-order valence-corrected chi connectivity index (χ1v) is 10.2. The summed E-state index contributed by atoms with van der Waals surface area (Å²) in [6.45, 7) is 3.34. The van der Waals surface area contributed by atoms with E-state index in [9.17, 15) is 14.9 Å². The summed E-state index contributed by atoms with van der Waals surface area (Å²) in [6, 6.07) is 16.1. The molecule has 29 heavy (non-hydrogen) atoms. The summed E-state index contributed by atoms with van der Waals surface area (Å²) >= 11 is 0. The Bertz CT molecular complexity index is 960. The third kappa shape index (κ3) is 4.02. The van der Waals surface area contributed by atoms with Crippen LogP contribution >= 0.6 is 0 Å². The monoisotopic (exact) mass is 387 g/mol. The van der Waals surface area contributed by atoms with Gasteiger partial charge in [0.25, 0.3) is 5.91 Å². The zero-order valence-electron chi connectivity index (χ0n) is 16.6.